The van der Waals surface area contributed by atoms with Gasteiger partial charge in [-0.2, -0.15) is 0 Å². The molecule has 0 saturated heterocycles. The molecule has 96 valence electrons. The molecule has 0 aliphatic carbocycles. The number of amides is 1. The standard InChI is InChI=1S/C10H19N5O2/c1-7-12-8(14-13-7)9(16)11-5-10(2,17)6-15(3)4/h17H,5-6H2,1-4H3,(H,11,16)(H,12,13,14). The summed E-state index contributed by atoms with van der Waals surface area (Å²) in [6, 6.07) is 0. The van der Waals surface area contributed by atoms with Crippen molar-refractivity contribution in [3.8, 4) is 0 Å². The Hall–Kier alpha value is -1.47. The number of aryl methyl sites for hydroxylation is 1. The summed E-state index contributed by atoms with van der Waals surface area (Å²) in [5.74, 6) is 0.270. The van der Waals surface area contributed by atoms with Crippen molar-refractivity contribution in [2.75, 3.05) is 27.2 Å². The molecule has 7 heteroatoms. The lowest BCUT2D eigenvalue weighted by molar-refractivity contribution is 0.0324. The smallest absolute Gasteiger partial charge is 0.291 e. The Bertz CT molecular complexity index is 386. The highest BCUT2D eigenvalue weighted by atomic mass is 16.3. The average molecular weight is 241 g/mol. The van der Waals surface area contributed by atoms with Gasteiger partial charge in [-0.3, -0.25) is 9.89 Å². The molecule has 1 aromatic rings. The van der Waals surface area contributed by atoms with Crippen LogP contribution in [0.5, 0.6) is 0 Å². The maximum Gasteiger partial charge on any atom is 0.291 e. The first-order chi connectivity index (χ1) is 7.80. The molecule has 7 nitrogen and oxygen atoms in total. The third kappa shape index (κ3) is 4.49. The second-order valence-electron chi connectivity index (χ2n) is 4.66. The van der Waals surface area contributed by atoms with E-state index in [1.165, 1.54) is 0 Å². The van der Waals surface area contributed by atoms with Crippen LogP contribution in [0.2, 0.25) is 0 Å². The summed E-state index contributed by atoms with van der Waals surface area (Å²) in [5, 5.41) is 18.9. The molecule has 1 aromatic heterocycles. The number of carbonyl (C=O) groups is 1. The summed E-state index contributed by atoms with van der Waals surface area (Å²) in [7, 11) is 3.71. The molecule has 0 fully saturated rings. The lowest BCUT2D eigenvalue weighted by Crippen LogP contribution is -2.47. The van der Waals surface area contributed by atoms with Crippen molar-refractivity contribution in [3.63, 3.8) is 0 Å². The van der Waals surface area contributed by atoms with Gasteiger partial charge in [0.05, 0.1) is 5.60 Å². The van der Waals surface area contributed by atoms with Crippen LogP contribution in [0.1, 0.15) is 23.4 Å². The number of nitrogens with one attached hydrogen (secondary N) is 2. The Kier molecular flexibility index (Phi) is 4.19. The van der Waals surface area contributed by atoms with Crippen molar-refractivity contribution < 1.29 is 9.90 Å². The highest BCUT2D eigenvalue weighted by molar-refractivity contribution is 5.90. The van der Waals surface area contributed by atoms with Crippen LogP contribution in [0, 0.1) is 6.92 Å². The number of aliphatic hydroxyl groups is 1. The lowest BCUT2D eigenvalue weighted by Gasteiger charge is -2.26. The van der Waals surface area contributed by atoms with Crippen LogP contribution < -0.4 is 5.32 Å². The van der Waals surface area contributed by atoms with E-state index in [-0.39, 0.29) is 12.4 Å². The van der Waals surface area contributed by atoms with Crippen LogP contribution in [0.3, 0.4) is 0 Å². The molecule has 3 N–H and O–H groups in total. The average Bonchev–Trinajstić information content (AvgIpc) is 2.59. The van der Waals surface area contributed by atoms with Gasteiger partial charge >= 0.3 is 0 Å². The van der Waals surface area contributed by atoms with Gasteiger partial charge in [-0.25, -0.2) is 4.98 Å². The molecule has 1 rings (SSSR count). The molecule has 1 unspecified atom stereocenters. The molecular formula is C10H19N5O2. The Morgan fingerprint density at radius 2 is 2.24 bits per heavy atom. The van der Waals surface area contributed by atoms with Crippen LogP contribution >= 0.6 is 0 Å². The third-order valence-electron chi connectivity index (χ3n) is 2.09. The predicted molar refractivity (Wildman–Crippen MR) is 62.6 cm³/mol. The molecule has 1 amide bonds. The SMILES string of the molecule is Cc1nc(C(=O)NCC(C)(O)CN(C)C)n[nH]1. The molecule has 0 aliphatic rings. The van der Waals surface area contributed by atoms with Crippen LogP contribution in [0.15, 0.2) is 0 Å². The molecule has 0 aromatic carbocycles. The zero-order valence-corrected chi connectivity index (χ0v) is 10.6. The van der Waals surface area contributed by atoms with Crippen molar-refractivity contribution in [3.05, 3.63) is 11.6 Å². The maximum absolute atomic E-state index is 11.6. The van der Waals surface area contributed by atoms with Gasteiger partial charge in [-0.1, -0.05) is 0 Å². The Labute approximate surface area is 100 Å². The maximum atomic E-state index is 11.6. The van der Waals surface area contributed by atoms with Gasteiger partial charge in [-0.05, 0) is 27.9 Å². The van der Waals surface area contributed by atoms with E-state index in [0.717, 1.165) is 0 Å². The first kappa shape index (κ1) is 13.6. The van der Waals surface area contributed by atoms with Crippen LogP contribution in [-0.4, -0.2) is 63.9 Å². The van der Waals surface area contributed by atoms with Crippen molar-refractivity contribution in [2.45, 2.75) is 19.4 Å². The van der Waals surface area contributed by atoms with Crippen molar-refractivity contribution in [2.24, 2.45) is 0 Å². The fourth-order valence-electron chi connectivity index (χ4n) is 1.53. The number of hydrogen-bond donors (Lipinski definition) is 3. The zero-order chi connectivity index (χ0) is 13.1. The molecule has 0 bridgehead atoms. The molecule has 17 heavy (non-hydrogen) atoms. The quantitative estimate of drug-likeness (QED) is 0.624. The van der Waals surface area contributed by atoms with Gasteiger partial charge in [-0.15, -0.1) is 5.10 Å². The molecule has 0 aliphatic heterocycles. The van der Waals surface area contributed by atoms with Gasteiger partial charge in [0.15, 0.2) is 0 Å². The molecule has 1 atom stereocenters. The van der Waals surface area contributed by atoms with Crippen molar-refractivity contribution in [1.29, 1.82) is 0 Å². The van der Waals surface area contributed by atoms with E-state index >= 15 is 0 Å². The lowest BCUT2D eigenvalue weighted by atomic mass is 10.1. The number of carbonyl (C=O) groups excluding carboxylic acids is 1. The Morgan fingerprint density at radius 3 is 2.71 bits per heavy atom. The van der Waals surface area contributed by atoms with E-state index in [2.05, 4.69) is 20.5 Å². The van der Waals surface area contributed by atoms with Crippen molar-refractivity contribution >= 4 is 5.91 Å². The minimum atomic E-state index is -0.982. The predicted octanol–water partition coefficient (Wildman–Crippen LogP) is -0.844. The topological polar surface area (TPSA) is 94.1 Å². The Morgan fingerprint density at radius 1 is 1.59 bits per heavy atom. The van der Waals surface area contributed by atoms with E-state index in [1.54, 1.807) is 13.8 Å². The summed E-state index contributed by atoms with van der Waals surface area (Å²) in [6.07, 6.45) is 0. The highest BCUT2D eigenvalue weighted by Crippen LogP contribution is 2.03. The van der Waals surface area contributed by atoms with Gasteiger partial charge in [0.25, 0.3) is 5.91 Å². The number of aromatic amines is 1. The third-order valence-corrected chi connectivity index (χ3v) is 2.09. The highest BCUT2D eigenvalue weighted by Gasteiger charge is 2.23. The van der Waals surface area contributed by atoms with Crippen LogP contribution in [-0.2, 0) is 0 Å². The molecule has 0 spiro atoms. The van der Waals surface area contributed by atoms with Gasteiger partial charge in [0, 0.05) is 13.1 Å². The number of likely N-dealkylation sites (N-methyl/N-ethyl adjacent to an activating group) is 1. The second-order valence-corrected chi connectivity index (χ2v) is 4.66. The van der Waals surface area contributed by atoms with E-state index in [9.17, 15) is 9.90 Å². The summed E-state index contributed by atoms with van der Waals surface area (Å²) >= 11 is 0. The molecule has 1 heterocycles. The van der Waals surface area contributed by atoms with E-state index < -0.39 is 11.5 Å². The van der Waals surface area contributed by atoms with E-state index in [0.29, 0.717) is 12.4 Å². The zero-order valence-electron chi connectivity index (χ0n) is 10.6. The number of H-pyrrole nitrogens is 1. The first-order valence-electron chi connectivity index (χ1n) is 5.34. The summed E-state index contributed by atoms with van der Waals surface area (Å²) in [6.45, 7) is 3.99. The summed E-state index contributed by atoms with van der Waals surface area (Å²) < 4.78 is 0. The molecule has 0 radical (unpaired) electrons. The normalized spacial score (nSPS) is 14.7. The number of aromatic nitrogens is 3. The number of rotatable bonds is 5. The van der Waals surface area contributed by atoms with Crippen LogP contribution in [0.4, 0.5) is 0 Å². The van der Waals surface area contributed by atoms with Crippen molar-refractivity contribution in [1.82, 2.24) is 25.4 Å². The van der Waals surface area contributed by atoms with Gasteiger partial charge < -0.3 is 15.3 Å². The second kappa shape index (κ2) is 5.24. The first-order valence-corrected chi connectivity index (χ1v) is 5.34. The van der Waals surface area contributed by atoms with Gasteiger partial charge in [0.2, 0.25) is 5.82 Å². The molecular weight excluding hydrogens is 222 g/mol. The Balaban J connectivity index is 2.48. The largest absolute Gasteiger partial charge is 0.387 e. The van der Waals surface area contributed by atoms with Crippen LogP contribution in [0.25, 0.3) is 0 Å². The minimum Gasteiger partial charge on any atom is -0.387 e. The number of hydrogen-bond acceptors (Lipinski definition) is 5. The summed E-state index contributed by atoms with van der Waals surface area (Å²) in [4.78, 5) is 17.4. The minimum absolute atomic E-state index is 0.0863. The fraction of sp³-hybridized carbons (Fsp3) is 0.700. The van der Waals surface area contributed by atoms with E-state index in [1.807, 2.05) is 19.0 Å². The monoisotopic (exact) mass is 241 g/mol. The number of nitrogens with zero attached hydrogens (tertiary/aromatic N) is 3. The fourth-order valence-corrected chi connectivity index (χ4v) is 1.53. The molecule has 0 saturated carbocycles. The van der Waals surface area contributed by atoms with Gasteiger partial charge in [0.1, 0.15) is 5.82 Å². The summed E-state index contributed by atoms with van der Waals surface area (Å²) in [5.41, 5.74) is -0.982. The van der Waals surface area contributed by atoms with E-state index in [4.69, 9.17) is 0 Å².